The molecule has 8 nitrogen and oxygen atoms in total. The summed E-state index contributed by atoms with van der Waals surface area (Å²) in [4.78, 5) is 42.2. The molecular weight excluding hydrogens is 382 g/mol. The zero-order chi connectivity index (χ0) is 20.5. The minimum Gasteiger partial charge on any atom is -0.486 e. The third-order valence-corrected chi connectivity index (χ3v) is 5.38. The second-order valence-electron chi connectivity index (χ2n) is 7.29. The van der Waals surface area contributed by atoms with E-state index in [0.717, 1.165) is 5.69 Å². The van der Waals surface area contributed by atoms with E-state index in [1.807, 2.05) is 42.5 Å². The van der Waals surface area contributed by atoms with Crippen molar-refractivity contribution in [3.63, 3.8) is 0 Å². The maximum Gasteiger partial charge on any atom is 0.257 e. The Labute approximate surface area is 173 Å². The zero-order valence-corrected chi connectivity index (χ0v) is 16.1. The van der Waals surface area contributed by atoms with Crippen LogP contribution in [0.1, 0.15) is 22.5 Å². The van der Waals surface area contributed by atoms with E-state index >= 15 is 0 Å². The van der Waals surface area contributed by atoms with Crippen molar-refractivity contribution in [1.29, 1.82) is 0 Å². The number of aromatic nitrogens is 3. The number of rotatable bonds is 3. The van der Waals surface area contributed by atoms with E-state index in [4.69, 9.17) is 4.74 Å². The third kappa shape index (κ3) is 3.26. The van der Waals surface area contributed by atoms with Crippen molar-refractivity contribution in [3.05, 3.63) is 78.6 Å². The minimum atomic E-state index is -0.625. The van der Waals surface area contributed by atoms with Gasteiger partial charge >= 0.3 is 0 Å². The molecule has 2 unspecified atom stereocenters. The number of amides is 2. The van der Waals surface area contributed by atoms with Crippen LogP contribution in [0, 0.1) is 0 Å². The van der Waals surface area contributed by atoms with Gasteiger partial charge in [0.05, 0.1) is 30.0 Å². The van der Waals surface area contributed by atoms with Crippen molar-refractivity contribution in [3.8, 4) is 5.75 Å². The van der Waals surface area contributed by atoms with Crippen LogP contribution in [0.25, 0.3) is 0 Å². The lowest BCUT2D eigenvalue weighted by molar-refractivity contribution is -0.122. The quantitative estimate of drug-likeness (QED) is 0.668. The van der Waals surface area contributed by atoms with Gasteiger partial charge in [0, 0.05) is 25.0 Å². The van der Waals surface area contributed by atoms with Crippen molar-refractivity contribution in [2.75, 3.05) is 11.4 Å². The van der Waals surface area contributed by atoms with Gasteiger partial charge in [-0.05, 0) is 24.3 Å². The molecule has 0 saturated carbocycles. The zero-order valence-electron chi connectivity index (χ0n) is 16.1. The molecule has 2 aliphatic heterocycles. The number of pyridine rings is 1. The lowest BCUT2D eigenvalue weighted by Gasteiger charge is -2.31. The molecule has 2 bridgehead atoms. The monoisotopic (exact) mass is 401 g/mol. The predicted octanol–water partition coefficient (Wildman–Crippen LogP) is 2.08. The van der Waals surface area contributed by atoms with Crippen molar-refractivity contribution >= 4 is 17.5 Å². The van der Waals surface area contributed by atoms with Crippen LogP contribution in [-0.2, 0) is 11.3 Å². The van der Waals surface area contributed by atoms with Crippen LogP contribution in [0.3, 0.4) is 0 Å². The first-order chi connectivity index (χ1) is 14.7. The van der Waals surface area contributed by atoms with E-state index in [2.05, 4.69) is 15.0 Å². The molecule has 4 heterocycles. The molecule has 0 aliphatic carbocycles. The molecular formula is C22H19N5O3. The Balaban J connectivity index is 1.53. The first-order valence-electron chi connectivity index (χ1n) is 9.73. The number of carbonyl (C=O) groups is 2. The molecule has 2 aliphatic rings. The molecule has 2 amide bonds. The van der Waals surface area contributed by atoms with E-state index < -0.39 is 6.04 Å². The fraction of sp³-hybridized carbons (Fsp3) is 0.227. The average Bonchev–Trinajstić information content (AvgIpc) is 3.22. The normalized spacial score (nSPS) is 20.2. The molecule has 5 rings (SSSR count). The predicted molar refractivity (Wildman–Crippen MR) is 108 cm³/mol. The minimum absolute atomic E-state index is 0.149. The summed E-state index contributed by atoms with van der Waals surface area (Å²) in [5, 5.41) is 0. The van der Waals surface area contributed by atoms with Crippen LogP contribution < -0.4 is 9.64 Å². The Morgan fingerprint density at radius 2 is 1.90 bits per heavy atom. The number of nitrogens with zero attached hydrogens (tertiary/aromatic N) is 5. The summed E-state index contributed by atoms with van der Waals surface area (Å²) in [7, 11) is 0. The van der Waals surface area contributed by atoms with Crippen molar-refractivity contribution < 1.29 is 14.3 Å². The largest absolute Gasteiger partial charge is 0.486 e. The molecule has 0 N–H and O–H groups in total. The molecule has 2 atom stereocenters. The summed E-state index contributed by atoms with van der Waals surface area (Å²) in [5.74, 6) is 0.204. The van der Waals surface area contributed by atoms with E-state index in [-0.39, 0.29) is 24.5 Å². The van der Waals surface area contributed by atoms with Crippen LogP contribution in [0.4, 0.5) is 5.69 Å². The highest BCUT2D eigenvalue weighted by molar-refractivity contribution is 6.03. The molecule has 3 aromatic rings. The molecule has 0 radical (unpaired) electrons. The number of likely N-dealkylation sites (tertiary alicyclic amines) is 1. The summed E-state index contributed by atoms with van der Waals surface area (Å²) < 4.78 is 6.22. The van der Waals surface area contributed by atoms with Gasteiger partial charge in [0.25, 0.3) is 5.91 Å². The first kappa shape index (κ1) is 18.2. The number of benzene rings is 1. The molecule has 2 aromatic heterocycles. The van der Waals surface area contributed by atoms with Gasteiger partial charge in [-0.1, -0.05) is 18.2 Å². The van der Waals surface area contributed by atoms with Gasteiger partial charge in [0.15, 0.2) is 0 Å². The summed E-state index contributed by atoms with van der Waals surface area (Å²) >= 11 is 0. The Hall–Kier alpha value is -3.81. The maximum absolute atomic E-state index is 13.7. The number of ether oxygens (including phenoxy) is 1. The summed E-state index contributed by atoms with van der Waals surface area (Å²) in [6, 6.07) is 12.4. The van der Waals surface area contributed by atoms with E-state index in [0.29, 0.717) is 30.0 Å². The highest BCUT2D eigenvalue weighted by Crippen LogP contribution is 2.37. The molecule has 1 saturated heterocycles. The fourth-order valence-corrected chi connectivity index (χ4v) is 3.99. The summed E-state index contributed by atoms with van der Waals surface area (Å²) in [6.45, 7) is 0.619. The number of fused-ring (bicyclic) bond motifs is 3. The summed E-state index contributed by atoms with van der Waals surface area (Å²) in [5.41, 5.74) is 1.79. The fourth-order valence-electron chi connectivity index (χ4n) is 3.99. The van der Waals surface area contributed by atoms with Gasteiger partial charge in [0.2, 0.25) is 5.91 Å². The van der Waals surface area contributed by atoms with Gasteiger partial charge < -0.3 is 14.5 Å². The Kier molecular flexibility index (Phi) is 4.59. The number of anilines is 1. The number of hydrogen-bond donors (Lipinski definition) is 0. The van der Waals surface area contributed by atoms with Gasteiger partial charge in [-0.3, -0.25) is 14.6 Å². The van der Waals surface area contributed by atoms with Crippen molar-refractivity contribution in [2.45, 2.75) is 25.1 Å². The standard InChI is InChI=1S/C22H19N5O3/c28-21(15-10-23-14-24-11-15)27-13-17-9-19(27)22(29)26(12-16-5-3-4-8-25-16)18-6-1-2-7-20(18)30-17/h1-8,10-11,14,17,19H,9,12-13H2. The summed E-state index contributed by atoms with van der Waals surface area (Å²) in [6.07, 6.45) is 6.17. The molecule has 0 spiro atoms. The lowest BCUT2D eigenvalue weighted by Crippen LogP contribution is -2.48. The van der Waals surface area contributed by atoms with Crippen molar-refractivity contribution in [1.82, 2.24) is 19.9 Å². The van der Waals surface area contributed by atoms with Gasteiger partial charge in [-0.25, -0.2) is 9.97 Å². The average molecular weight is 401 g/mol. The van der Waals surface area contributed by atoms with E-state index in [9.17, 15) is 9.59 Å². The van der Waals surface area contributed by atoms with Crippen LogP contribution in [0.15, 0.2) is 67.4 Å². The highest BCUT2D eigenvalue weighted by atomic mass is 16.5. The van der Waals surface area contributed by atoms with Crippen LogP contribution >= 0.6 is 0 Å². The molecule has 1 fully saturated rings. The maximum atomic E-state index is 13.7. The number of hydrogen-bond acceptors (Lipinski definition) is 6. The Morgan fingerprint density at radius 3 is 2.70 bits per heavy atom. The number of carbonyl (C=O) groups excluding carboxylic acids is 2. The van der Waals surface area contributed by atoms with Crippen molar-refractivity contribution in [2.24, 2.45) is 0 Å². The molecule has 150 valence electrons. The molecule has 30 heavy (non-hydrogen) atoms. The first-order valence-corrected chi connectivity index (χ1v) is 9.73. The van der Waals surface area contributed by atoms with E-state index in [1.54, 1.807) is 16.0 Å². The van der Waals surface area contributed by atoms with Gasteiger partial charge in [-0.15, -0.1) is 0 Å². The van der Waals surface area contributed by atoms with Gasteiger partial charge in [0.1, 0.15) is 24.2 Å². The Bertz CT molecular complexity index is 1080. The number of para-hydroxylation sites is 2. The molecule has 1 aromatic carbocycles. The lowest BCUT2D eigenvalue weighted by atomic mass is 10.1. The van der Waals surface area contributed by atoms with Crippen LogP contribution in [0.5, 0.6) is 5.75 Å². The topological polar surface area (TPSA) is 88.5 Å². The SMILES string of the molecule is O=C1C2CC(CN2C(=O)c2cncnc2)Oc2ccccc2N1Cc1ccccn1. The van der Waals surface area contributed by atoms with E-state index in [1.165, 1.54) is 18.7 Å². The van der Waals surface area contributed by atoms with Gasteiger partial charge in [-0.2, -0.15) is 0 Å². The Morgan fingerprint density at radius 1 is 1.10 bits per heavy atom. The molecule has 8 heteroatoms. The second-order valence-corrected chi connectivity index (χ2v) is 7.29. The highest BCUT2D eigenvalue weighted by Gasteiger charge is 2.45. The third-order valence-electron chi connectivity index (χ3n) is 5.38. The second kappa shape index (κ2) is 7.55. The smallest absolute Gasteiger partial charge is 0.257 e. The van der Waals surface area contributed by atoms with Crippen LogP contribution in [0.2, 0.25) is 0 Å². The van der Waals surface area contributed by atoms with Crippen LogP contribution in [-0.4, -0.2) is 50.4 Å².